The van der Waals surface area contributed by atoms with Crippen molar-refractivity contribution in [2.75, 3.05) is 17.2 Å². The number of benzene rings is 1. The van der Waals surface area contributed by atoms with E-state index in [9.17, 15) is 44.1 Å². The number of amides is 5. The topological polar surface area (TPSA) is 332 Å². The molecule has 25 heteroatoms. The van der Waals surface area contributed by atoms with Crippen LogP contribution in [0.4, 0.5) is 5.13 Å². The number of rotatable bonds is 12. The van der Waals surface area contributed by atoms with Gasteiger partial charge in [0.05, 0.1) is 5.69 Å². The summed E-state index contributed by atoms with van der Waals surface area (Å²) in [5.74, 6) is -6.23. The van der Waals surface area contributed by atoms with Gasteiger partial charge in [-0.1, -0.05) is 5.16 Å². The van der Waals surface area contributed by atoms with E-state index in [0.29, 0.717) is 23.4 Å². The number of phenolic OH excluding ortho intramolecular Hbond substituents is 2. The largest absolute Gasteiger partial charge is 0.504 e. The van der Waals surface area contributed by atoms with Gasteiger partial charge in [-0.2, -0.15) is 9.50 Å². The zero-order valence-corrected chi connectivity index (χ0v) is 32.7. The first-order valence-corrected chi connectivity index (χ1v) is 20.0. The highest BCUT2D eigenvalue weighted by Crippen LogP contribution is 2.42. The van der Waals surface area contributed by atoms with Crippen LogP contribution in [-0.2, 0) is 36.9 Å². The Bertz CT molecular complexity index is 2500. The number of primary amides is 1. The lowest BCUT2D eigenvalue weighted by atomic mass is 10.0. The first kappa shape index (κ1) is 39.8. The molecule has 0 radical (unpaired) electrons. The molecule has 58 heavy (non-hydrogen) atoms. The maximum atomic E-state index is 13.7. The van der Waals surface area contributed by atoms with Gasteiger partial charge >= 0.3 is 5.97 Å². The average Bonchev–Trinajstić information content (AvgIpc) is 3.95. The van der Waals surface area contributed by atoms with E-state index in [-0.39, 0.29) is 45.2 Å². The molecule has 4 aromatic rings. The first-order chi connectivity index (χ1) is 27.5. The second-order valence-electron chi connectivity index (χ2n) is 13.3. The minimum Gasteiger partial charge on any atom is -0.504 e. The van der Waals surface area contributed by atoms with E-state index in [2.05, 4.69) is 41.4 Å². The van der Waals surface area contributed by atoms with E-state index in [1.807, 2.05) is 0 Å². The number of carboxylic acids is 1. The lowest BCUT2D eigenvalue weighted by Crippen LogP contribution is -2.71. The monoisotopic (exact) mass is 852 g/mol. The Morgan fingerprint density at radius 1 is 1.10 bits per heavy atom. The number of nitrogens with zero attached hydrogens (tertiary/aromatic N) is 7. The summed E-state index contributed by atoms with van der Waals surface area (Å²) in [6.45, 7) is 2.57. The number of β-lactam (4-membered cyclic amide) rings is 1. The molecule has 0 saturated carbocycles. The van der Waals surface area contributed by atoms with Crippen LogP contribution in [-0.4, -0.2) is 115 Å². The summed E-state index contributed by atoms with van der Waals surface area (Å²) in [4.78, 5) is 96.5. The van der Waals surface area contributed by atoms with Crippen molar-refractivity contribution in [2.24, 2.45) is 10.9 Å². The molecule has 1 fully saturated rings. The number of thioether (sulfide) groups is 2. The third-order valence-electron chi connectivity index (χ3n) is 9.02. The molecular weight excluding hydrogens is 821 g/mol. The quantitative estimate of drug-likeness (QED) is 0.0226. The number of nitrogen functional groups attached to an aromatic ring is 1. The number of nitrogens with one attached hydrogen (secondary N) is 3. The molecule has 7 rings (SSSR count). The number of hydrogen-bond acceptors (Lipinski definition) is 18. The van der Waals surface area contributed by atoms with E-state index >= 15 is 0 Å². The van der Waals surface area contributed by atoms with Gasteiger partial charge in [0.15, 0.2) is 22.3 Å². The minimum absolute atomic E-state index is 0.0472. The summed E-state index contributed by atoms with van der Waals surface area (Å²) in [6.07, 6.45) is 2.24. The molecule has 0 bridgehead atoms. The van der Waals surface area contributed by atoms with Crippen LogP contribution in [0.3, 0.4) is 0 Å². The van der Waals surface area contributed by atoms with Gasteiger partial charge in [-0.15, -0.1) is 40.0 Å². The lowest BCUT2D eigenvalue weighted by molar-refractivity contribution is -0.150. The number of aryl methyl sites for hydroxylation is 1. The van der Waals surface area contributed by atoms with Crippen LogP contribution in [0.5, 0.6) is 11.5 Å². The maximum Gasteiger partial charge on any atom is 0.352 e. The SMILES string of the molecule is CC(C)(O/N=C(\C(=O)N[C@@H]1C(=O)N2C(C(=O)O)=C(CSc3c4c(nc5nc(C(N)=O)nn35)CCC4)CS[C@H]12)c1csc(N)n1)C(=O)NNC(=O)c1ccc(O)c(O)c1. The number of thiazole rings is 1. The molecule has 0 unspecified atom stereocenters. The zero-order valence-electron chi connectivity index (χ0n) is 30.2. The lowest BCUT2D eigenvalue weighted by Gasteiger charge is -2.49. The number of carbonyl (C=O) groups excluding carboxylic acids is 5. The molecular formula is C33H32N12O10S3. The molecule has 2 atom stereocenters. The fourth-order valence-electron chi connectivity index (χ4n) is 6.06. The third-order valence-corrected chi connectivity index (χ3v) is 12.2. The normalized spacial score (nSPS) is 17.7. The Labute approximate surface area is 338 Å². The van der Waals surface area contributed by atoms with E-state index < -0.39 is 69.7 Å². The minimum atomic E-state index is -1.82. The summed E-state index contributed by atoms with van der Waals surface area (Å²) >= 11 is 3.50. The van der Waals surface area contributed by atoms with Gasteiger partial charge in [-0.3, -0.25) is 39.7 Å². The number of fused-ring (bicyclic) bond motifs is 3. The van der Waals surface area contributed by atoms with E-state index in [1.165, 1.54) is 53.3 Å². The smallest absolute Gasteiger partial charge is 0.352 e. The molecule has 10 N–H and O–H groups in total. The summed E-state index contributed by atoms with van der Waals surface area (Å²) in [5.41, 5.74) is 15.0. The predicted molar refractivity (Wildman–Crippen MR) is 205 cm³/mol. The highest BCUT2D eigenvalue weighted by Gasteiger charge is 2.54. The molecule has 302 valence electrons. The Morgan fingerprint density at radius 3 is 2.57 bits per heavy atom. The van der Waals surface area contributed by atoms with Crippen molar-refractivity contribution in [1.82, 2.24) is 45.6 Å². The number of carbonyl (C=O) groups is 6. The predicted octanol–water partition coefficient (Wildman–Crippen LogP) is -0.347. The van der Waals surface area contributed by atoms with Crippen molar-refractivity contribution in [2.45, 2.75) is 55.2 Å². The van der Waals surface area contributed by atoms with Gasteiger partial charge in [-0.05, 0) is 56.9 Å². The highest BCUT2D eigenvalue weighted by atomic mass is 32.2. The third kappa shape index (κ3) is 7.52. The summed E-state index contributed by atoms with van der Waals surface area (Å²) in [6, 6.07) is 2.09. The van der Waals surface area contributed by atoms with Crippen LogP contribution in [0.15, 0.2) is 45.0 Å². The zero-order chi connectivity index (χ0) is 41.6. The van der Waals surface area contributed by atoms with Crippen molar-refractivity contribution in [1.29, 1.82) is 0 Å². The Balaban J connectivity index is 1.05. The van der Waals surface area contributed by atoms with E-state index in [0.717, 1.165) is 46.0 Å². The number of nitrogens with two attached hydrogens (primary N) is 2. The molecule has 1 aromatic carbocycles. The summed E-state index contributed by atoms with van der Waals surface area (Å²) in [7, 11) is 0. The van der Waals surface area contributed by atoms with Gasteiger partial charge < -0.3 is 36.9 Å². The number of hydrazine groups is 1. The number of anilines is 1. The molecule has 22 nitrogen and oxygen atoms in total. The van der Waals surface area contributed by atoms with E-state index in [1.54, 1.807) is 0 Å². The van der Waals surface area contributed by atoms with Crippen LogP contribution in [0.2, 0.25) is 0 Å². The summed E-state index contributed by atoms with van der Waals surface area (Å²) in [5, 5.41) is 41.5. The molecule has 3 aromatic heterocycles. The molecule has 2 aliphatic heterocycles. The van der Waals surface area contributed by atoms with Crippen molar-refractivity contribution in [3.63, 3.8) is 0 Å². The van der Waals surface area contributed by atoms with E-state index in [4.69, 9.17) is 16.3 Å². The number of aliphatic carboxylic acids is 1. The average molecular weight is 853 g/mol. The van der Waals surface area contributed by atoms with Crippen LogP contribution in [0.1, 0.15) is 58.2 Å². The maximum absolute atomic E-state index is 13.7. The van der Waals surface area contributed by atoms with Crippen LogP contribution >= 0.6 is 34.9 Å². The number of aromatic nitrogens is 5. The number of aromatic hydroxyl groups is 2. The highest BCUT2D eigenvalue weighted by molar-refractivity contribution is 8.01. The molecule has 5 heterocycles. The van der Waals surface area contributed by atoms with Crippen LogP contribution in [0, 0.1) is 0 Å². The van der Waals surface area contributed by atoms with Gasteiger partial charge in [0.1, 0.15) is 27.8 Å². The number of hydrogen-bond donors (Lipinski definition) is 8. The number of phenols is 2. The molecule has 1 saturated heterocycles. The molecule has 3 aliphatic rings. The van der Waals surface area contributed by atoms with Gasteiger partial charge in [-0.25, -0.2) is 14.8 Å². The second kappa shape index (κ2) is 15.5. The van der Waals surface area contributed by atoms with Gasteiger partial charge in [0.25, 0.3) is 35.3 Å². The van der Waals surface area contributed by atoms with Crippen molar-refractivity contribution < 1.29 is 48.9 Å². The Hall–Kier alpha value is -6.47. The molecule has 1 aliphatic carbocycles. The van der Waals surface area contributed by atoms with Crippen LogP contribution in [0.25, 0.3) is 5.78 Å². The second-order valence-corrected chi connectivity index (χ2v) is 16.3. The van der Waals surface area contributed by atoms with Crippen LogP contribution < -0.4 is 27.6 Å². The standard InChI is InChI=1S/C33H32N12O10S3/c1-33(2,30(54)41-40-24(49)12-6-7-17(46)18(47)8-12)55-43-19(16-11-58-31(35)36-16)25(50)38-20-26(51)44-21(29(52)53)13(10-57-28(20)44)9-56-27-14-4-3-5-15(14)37-32-39-23(22(34)48)42-45(27)32/h6-8,11,20,28,46-47H,3-5,9-10H2,1-2H3,(H2,34,48)(H2,35,36)(H,38,50)(H,40,49)(H,41,54)(H,52,53)/b43-19-/t20-,28-/m1/s1. The van der Waals surface area contributed by atoms with Crippen molar-refractivity contribution in [3.05, 3.63) is 63.2 Å². The summed E-state index contributed by atoms with van der Waals surface area (Å²) < 4.78 is 1.42. The number of carboxylic acid groups (broad SMARTS) is 1. The number of oxime groups is 1. The first-order valence-electron chi connectivity index (χ1n) is 17.1. The van der Waals surface area contributed by atoms with Gasteiger partial charge in [0.2, 0.25) is 11.4 Å². The fraction of sp³-hybridized carbons (Fsp3) is 0.303. The fourth-order valence-corrected chi connectivity index (χ4v) is 9.27. The Kier molecular flexibility index (Phi) is 10.6. The van der Waals surface area contributed by atoms with Gasteiger partial charge in [0, 0.05) is 28.0 Å². The van der Waals surface area contributed by atoms with Crippen molar-refractivity contribution in [3.8, 4) is 11.5 Å². The molecule has 5 amide bonds. The molecule has 0 spiro atoms. The van der Waals surface area contributed by atoms with Crippen molar-refractivity contribution >= 4 is 87.0 Å². The Morgan fingerprint density at radius 2 is 1.88 bits per heavy atom.